The van der Waals surface area contributed by atoms with Crippen molar-refractivity contribution in [2.24, 2.45) is 15.0 Å². The lowest BCUT2D eigenvalue weighted by atomic mass is 9.92. The van der Waals surface area contributed by atoms with Gasteiger partial charge in [0.05, 0.1) is 19.6 Å². The number of carboxylic acid groups (broad SMARTS) is 3. The fourth-order valence-electron chi connectivity index (χ4n) is 10.1. The predicted octanol–water partition coefficient (Wildman–Crippen LogP) is 15.2. The van der Waals surface area contributed by atoms with Gasteiger partial charge in [-0.25, -0.2) is 24.4 Å². The van der Waals surface area contributed by atoms with Crippen molar-refractivity contribution < 1.29 is 57.1 Å². The molecule has 1 saturated carbocycles. The van der Waals surface area contributed by atoms with Gasteiger partial charge in [0.2, 0.25) is 17.9 Å². The van der Waals surface area contributed by atoms with Gasteiger partial charge >= 0.3 is 17.9 Å². The molecule has 0 radical (unpaired) electrons. The molecule has 5 aliphatic rings. The maximum absolute atomic E-state index is 13.8. The van der Waals surface area contributed by atoms with Crippen molar-refractivity contribution in [3.8, 4) is 45.9 Å². The van der Waals surface area contributed by atoms with E-state index in [2.05, 4.69) is 31.0 Å². The first-order valence-corrected chi connectivity index (χ1v) is 26.7. The number of benzene rings is 7. The number of halogens is 3. The molecule has 4 heterocycles. The topological polar surface area (TPSA) is 202 Å². The van der Waals surface area contributed by atoms with Gasteiger partial charge in [-0.1, -0.05) is 78.9 Å². The monoisotopic (exact) mass is 1110 g/mol. The molecule has 83 heavy (non-hydrogen) atoms. The van der Waals surface area contributed by atoms with E-state index in [4.69, 9.17) is 14.2 Å². The first-order valence-electron chi connectivity index (χ1n) is 26.7. The van der Waals surface area contributed by atoms with Gasteiger partial charge in [-0.3, -0.25) is 15.0 Å². The van der Waals surface area contributed by atoms with E-state index in [1.807, 2.05) is 54.6 Å². The van der Waals surface area contributed by atoms with Gasteiger partial charge in [-0.2, -0.15) is 13.2 Å². The summed E-state index contributed by atoms with van der Waals surface area (Å²) in [5.74, 6) is -1.74. The Morgan fingerprint density at radius 2 is 0.928 bits per heavy atom. The Balaban J connectivity index is 0.000000130. The van der Waals surface area contributed by atoms with Crippen LogP contribution in [-0.4, -0.2) is 80.7 Å². The number of aryl methyl sites for hydroxylation is 2. The molecular weight excluding hydrogens is 1060 g/mol. The number of nitrogens with zero attached hydrogens (tertiary/aromatic N) is 5. The Bertz CT molecular complexity index is 4090. The van der Waals surface area contributed by atoms with Crippen molar-refractivity contribution in [1.29, 1.82) is 0 Å². The molecule has 2 aliphatic carbocycles. The van der Waals surface area contributed by atoms with Crippen molar-refractivity contribution in [1.82, 2.24) is 9.97 Å². The fraction of sp³-hybridized carbons (Fsp3) is 0.152. The minimum absolute atomic E-state index is 0.000760. The number of carbonyl (C=O) groups is 3. The van der Waals surface area contributed by atoms with E-state index in [1.54, 1.807) is 85.2 Å². The van der Waals surface area contributed by atoms with Gasteiger partial charge in [0.15, 0.2) is 5.82 Å². The maximum atomic E-state index is 13.8. The van der Waals surface area contributed by atoms with Gasteiger partial charge in [0, 0.05) is 34.7 Å². The summed E-state index contributed by atoms with van der Waals surface area (Å²) in [6.07, 6.45) is 15.1. The summed E-state index contributed by atoms with van der Waals surface area (Å²) in [5.41, 5.74) is 6.93. The van der Waals surface area contributed by atoms with E-state index in [-0.39, 0.29) is 59.1 Å². The van der Waals surface area contributed by atoms with Crippen LogP contribution in [0.2, 0.25) is 0 Å². The third-order valence-corrected chi connectivity index (χ3v) is 14.4. The lowest BCUT2D eigenvalue weighted by Gasteiger charge is -2.17. The van der Waals surface area contributed by atoms with Crippen LogP contribution in [0.3, 0.4) is 0 Å². The molecule has 3 N–H and O–H groups in total. The minimum atomic E-state index is -1.17. The average molecular weight is 1110 g/mol. The van der Waals surface area contributed by atoms with Crippen LogP contribution >= 0.6 is 0 Å². The molecule has 17 heteroatoms. The zero-order valence-corrected chi connectivity index (χ0v) is 44.3. The predicted molar refractivity (Wildman–Crippen MR) is 311 cm³/mol. The molecule has 0 amide bonds. The Hall–Kier alpha value is -10.3. The van der Waals surface area contributed by atoms with E-state index in [9.17, 15) is 42.9 Å². The van der Waals surface area contributed by atoms with E-state index in [0.717, 1.165) is 30.2 Å². The molecule has 0 bridgehead atoms. The van der Waals surface area contributed by atoms with Crippen LogP contribution in [0.1, 0.15) is 96.1 Å². The van der Waals surface area contributed by atoms with Gasteiger partial charge in [-0.15, -0.1) is 0 Å². The molecule has 0 saturated heterocycles. The summed E-state index contributed by atoms with van der Waals surface area (Å²) in [7, 11) is 0. The van der Waals surface area contributed by atoms with Crippen molar-refractivity contribution in [2.45, 2.75) is 44.4 Å². The quantitative estimate of drug-likeness (QED) is 0.0935. The average Bonchev–Trinajstić information content (AvgIpc) is 4.12. The number of hydrogen-bond donors (Lipinski definition) is 3. The van der Waals surface area contributed by atoms with Crippen molar-refractivity contribution >= 4 is 63.3 Å². The molecule has 1 aromatic heterocycles. The number of ether oxygens (including phenoxy) is 3. The third kappa shape index (κ3) is 12.5. The smallest absolute Gasteiger partial charge is 0.339 e. The van der Waals surface area contributed by atoms with Crippen LogP contribution in [0, 0.1) is 0 Å². The van der Waals surface area contributed by atoms with E-state index in [1.165, 1.54) is 65.6 Å². The fourth-order valence-corrected chi connectivity index (χ4v) is 10.1. The molecule has 0 unspecified atom stereocenters. The first-order chi connectivity index (χ1) is 40.3. The second-order valence-corrected chi connectivity index (χ2v) is 19.8. The van der Waals surface area contributed by atoms with Gasteiger partial charge in [0.25, 0.3) is 0 Å². The minimum Gasteiger partial charge on any atom is -0.478 e. The highest BCUT2D eigenvalue weighted by Crippen LogP contribution is 2.44. The number of hydrogen-bond acceptors (Lipinski definition) is 11. The Kier molecular flexibility index (Phi) is 15.9. The molecule has 0 atom stereocenters. The van der Waals surface area contributed by atoms with Crippen molar-refractivity contribution in [2.75, 3.05) is 19.6 Å². The standard InChI is InChI=1S/C24H18FNO3.C21H14FN3O3.C21H18FNO3/c25-23-20(10-11-26-23)16-6-9-22(21(13-16)24(27)28)29-17-7-8-19-15(12-17)2-1-3-18(19)14-4-5-14;22-19-16(7-10-23-19)13-5-6-18(17(12-13)21(26)27)28-15-4-1-3-14(11-15)20-24-8-2-9-25-20;22-20-17(9-10-23-20)15-6-8-19(18(12-15)21(24)25)26-16-7-5-13-3-1-2-4-14(13)11-16/h1-3,6-10,12-14H,4-5,11H2,(H,27,28);1-9,11-12H,10H2,(H,26,27);5-9,11-12H,1-4,10H2,(H,24,25). The van der Waals surface area contributed by atoms with Crippen LogP contribution in [0.25, 0.3) is 38.9 Å². The second-order valence-electron chi connectivity index (χ2n) is 19.8. The summed E-state index contributed by atoms with van der Waals surface area (Å²) in [6.45, 7) is 0.787. The first kappa shape index (κ1) is 54.7. The summed E-state index contributed by atoms with van der Waals surface area (Å²) < 4.78 is 58.8. The Morgan fingerprint density at radius 1 is 0.458 bits per heavy atom. The molecule has 13 rings (SSSR count). The highest BCUT2D eigenvalue weighted by atomic mass is 19.1. The van der Waals surface area contributed by atoms with Crippen LogP contribution in [0.15, 0.2) is 185 Å². The summed E-state index contributed by atoms with van der Waals surface area (Å²) >= 11 is 0. The maximum Gasteiger partial charge on any atom is 0.339 e. The van der Waals surface area contributed by atoms with Gasteiger partial charge in [-0.05, 0) is 167 Å². The molecule has 414 valence electrons. The van der Waals surface area contributed by atoms with Gasteiger partial charge in [0.1, 0.15) is 51.2 Å². The number of aromatic nitrogens is 2. The summed E-state index contributed by atoms with van der Waals surface area (Å²) in [4.78, 5) is 54.6. The summed E-state index contributed by atoms with van der Waals surface area (Å²) in [5, 5.41) is 31.0. The number of aromatic carboxylic acids is 3. The Labute approximate surface area is 473 Å². The number of carboxylic acids is 3. The third-order valence-electron chi connectivity index (χ3n) is 14.4. The van der Waals surface area contributed by atoms with E-state index < -0.39 is 35.8 Å². The van der Waals surface area contributed by atoms with Crippen LogP contribution in [0.5, 0.6) is 34.5 Å². The zero-order valence-electron chi connectivity index (χ0n) is 44.3. The number of allylic oxidation sites excluding steroid dienone is 3. The number of aliphatic imine (C=N–C) groups is 3. The lowest BCUT2D eigenvalue weighted by Crippen LogP contribution is -2.04. The lowest BCUT2D eigenvalue weighted by molar-refractivity contribution is 0.0683. The van der Waals surface area contributed by atoms with Crippen molar-refractivity contribution in [3.63, 3.8) is 0 Å². The molecule has 3 aliphatic heterocycles. The SMILES string of the molecule is O=C(O)c1cc(C2=CCN=C2F)ccc1Oc1ccc2c(C3CC3)cccc2c1.O=C(O)c1cc(C2=CCN=C2F)ccc1Oc1ccc2c(c1)CCCC2.O=C(O)c1cc(C2=CCN=C2F)ccc1Oc1cccc(-c2ncccn2)c1. The molecule has 0 spiro atoms. The largest absolute Gasteiger partial charge is 0.478 e. The van der Waals surface area contributed by atoms with E-state index >= 15 is 0 Å². The van der Waals surface area contributed by atoms with Crippen LogP contribution in [-0.2, 0) is 12.8 Å². The number of rotatable bonds is 14. The van der Waals surface area contributed by atoms with Crippen molar-refractivity contribution in [3.05, 3.63) is 220 Å². The molecule has 1 fully saturated rings. The van der Waals surface area contributed by atoms with Crippen LogP contribution in [0.4, 0.5) is 13.2 Å². The zero-order chi connectivity index (χ0) is 57.6. The number of fused-ring (bicyclic) bond motifs is 2. The highest BCUT2D eigenvalue weighted by Gasteiger charge is 2.26. The second kappa shape index (κ2) is 24.2. The van der Waals surface area contributed by atoms with E-state index in [0.29, 0.717) is 56.8 Å². The van der Waals surface area contributed by atoms with Crippen LogP contribution < -0.4 is 14.2 Å². The molecular formula is C66H50F3N5O9. The normalized spacial score (nSPS) is 14.9. The highest BCUT2D eigenvalue weighted by molar-refractivity contribution is 6.22. The Morgan fingerprint density at radius 3 is 1.41 bits per heavy atom. The van der Waals surface area contributed by atoms with Gasteiger partial charge < -0.3 is 29.5 Å². The molecule has 8 aromatic rings. The summed E-state index contributed by atoms with van der Waals surface area (Å²) in [6, 6.07) is 40.5. The molecule has 7 aromatic carbocycles. The molecule has 14 nitrogen and oxygen atoms in total.